The topological polar surface area (TPSA) is 44.1 Å². The fourth-order valence-electron chi connectivity index (χ4n) is 2.62. The second kappa shape index (κ2) is 6.42. The molecule has 0 amide bonds. The van der Waals surface area contributed by atoms with Gasteiger partial charge in [0.2, 0.25) is 0 Å². The molecule has 0 N–H and O–H groups in total. The summed E-state index contributed by atoms with van der Waals surface area (Å²) in [5, 5.41) is 5.88. The summed E-state index contributed by atoms with van der Waals surface area (Å²) in [5.74, 6) is -0.408. The largest absolute Gasteiger partial charge is 0.462 e. The molecule has 0 aliphatic rings. The SMILES string of the molecule is CCOC(=O)c1ccc2c(c(CC)nn2-c2ccccc2)c1Cl. The fraction of sp³-hybridized carbons (Fsp3) is 0.222. The molecule has 4 nitrogen and oxygen atoms in total. The fourth-order valence-corrected chi connectivity index (χ4v) is 2.97. The lowest BCUT2D eigenvalue weighted by molar-refractivity contribution is 0.0527. The van der Waals surface area contributed by atoms with E-state index in [1.165, 1.54) is 0 Å². The second-order valence-electron chi connectivity index (χ2n) is 5.09. The van der Waals surface area contributed by atoms with Crippen LogP contribution >= 0.6 is 11.6 Å². The first kappa shape index (κ1) is 15.6. The number of halogens is 1. The molecular weight excluding hydrogens is 312 g/mol. The van der Waals surface area contributed by atoms with Gasteiger partial charge in [0.25, 0.3) is 0 Å². The van der Waals surface area contributed by atoms with Crippen LogP contribution in [0.2, 0.25) is 5.02 Å². The third-order valence-corrected chi connectivity index (χ3v) is 4.08. The Morgan fingerprint density at radius 3 is 2.57 bits per heavy atom. The van der Waals surface area contributed by atoms with Crippen molar-refractivity contribution in [1.82, 2.24) is 9.78 Å². The van der Waals surface area contributed by atoms with E-state index in [0.717, 1.165) is 28.7 Å². The number of aryl methyl sites for hydroxylation is 1. The molecule has 0 bridgehead atoms. The molecule has 1 aromatic heterocycles. The van der Waals surface area contributed by atoms with Crippen molar-refractivity contribution in [3.8, 4) is 5.69 Å². The Hall–Kier alpha value is -2.33. The second-order valence-corrected chi connectivity index (χ2v) is 5.47. The van der Waals surface area contributed by atoms with E-state index in [1.54, 1.807) is 13.0 Å². The van der Waals surface area contributed by atoms with Gasteiger partial charge in [-0.25, -0.2) is 9.48 Å². The van der Waals surface area contributed by atoms with E-state index in [0.29, 0.717) is 17.2 Å². The molecule has 0 unspecified atom stereocenters. The van der Waals surface area contributed by atoms with Crippen molar-refractivity contribution in [3.05, 3.63) is 58.7 Å². The number of hydrogen-bond acceptors (Lipinski definition) is 3. The van der Waals surface area contributed by atoms with Gasteiger partial charge in [-0.2, -0.15) is 5.10 Å². The minimum absolute atomic E-state index is 0.317. The molecule has 0 atom stereocenters. The smallest absolute Gasteiger partial charge is 0.339 e. The zero-order chi connectivity index (χ0) is 16.4. The molecule has 0 radical (unpaired) electrons. The van der Waals surface area contributed by atoms with Crippen LogP contribution in [0.15, 0.2) is 42.5 Å². The quantitative estimate of drug-likeness (QED) is 0.666. The van der Waals surface area contributed by atoms with Gasteiger partial charge in [0.1, 0.15) is 0 Å². The van der Waals surface area contributed by atoms with Crippen LogP contribution in [0.3, 0.4) is 0 Å². The van der Waals surface area contributed by atoms with Gasteiger partial charge >= 0.3 is 5.97 Å². The van der Waals surface area contributed by atoms with Crippen LogP contribution in [0.5, 0.6) is 0 Å². The maximum Gasteiger partial charge on any atom is 0.339 e. The first-order valence-corrected chi connectivity index (χ1v) is 7.97. The third kappa shape index (κ3) is 2.70. The van der Waals surface area contributed by atoms with Crippen LogP contribution in [-0.2, 0) is 11.2 Å². The molecular formula is C18H17ClN2O2. The number of rotatable bonds is 4. The first-order chi connectivity index (χ1) is 11.2. The van der Waals surface area contributed by atoms with E-state index in [-0.39, 0.29) is 0 Å². The molecule has 2 aromatic carbocycles. The maximum absolute atomic E-state index is 12.1. The number of esters is 1. The summed E-state index contributed by atoms with van der Waals surface area (Å²) in [6.07, 6.45) is 0.725. The van der Waals surface area contributed by atoms with Gasteiger partial charge in [-0.3, -0.25) is 0 Å². The first-order valence-electron chi connectivity index (χ1n) is 7.60. The molecule has 3 aromatic rings. The number of carbonyl (C=O) groups excluding carboxylic acids is 1. The number of aromatic nitrogens is 2. The van der Waals surface area contributed by atoms with Crippen molar-refractivity contribution in [3.63, 3.8) is 0 Å². The lowest BCUT2D eigenvalue weighted by Crippen LogP contribution is -2.05. The maximum atomic E-state index is 12.1. The van der Waals surface area contributed by atoms with E-state index >= 15 is 0 Å². The van der Waals surface area contributed by atoms with Crippen LogP contribution in [0, 0.1) is 0 Å². The van der Waals surface area contributed by atoms with Crippen LogP contribution < -0.4 is 0 Å². The van der Waals surface area contributed by atoms with Crippen molar-refractivity contribution < 1.29 is 9.53 Å². The molecule has 5 heteroatoms. The Morgan fingerprint density at radius 2 is 1.91 bits per heavy atom. The molecule has 1 heterocycles. The van der Waals surface area contributed by atoms with E-state index in [9.17, 15) is 4.79 Å². The summed E-state index contributed by atoms with van der Waals surface area (Å²) in [6, 6.07) is 13.4. The zero-order valence-electron chi connectivity index (χ0n) is 13.0. The van der Waals surface area contributed by atoms with Gasteiger partial charge in [-0.05, 0) is 37.6 Å². The zero-order valence-corrected chi connectivity index (χ0v) is 13.8. The minimum atomic E-state index is -0.408. The highest BCUT2D eigenvalue weighted by atomic mass is 35.5. The number of carbonyl (C=O) groups is 1. The molecule has 0 aliphatic carbocycles. The number of ether oxygens (including phenoxy) is 1. The standard InChI is InChI=1S/C18H17ClN2O2/c1-3-14-16-15(21(20-14)12-8-6-5-7-9-12)11-10-13(17(16)19)18(22)23-4-2/h5-11H,3-4H2,1-2H3. The lowest BCUT2D eigenvalue weighted by atomic mass is 10.1. The van der Waals surface area contributed by atoms with Gasteiger partial charge < -0.3 is 4.74 Å². The molecule has 118 valence electrons. The summed E-state index contributed by atoms with van der Waals surface area (Å²) in [6.45, 7) is 4.11. The van der Waals surface area contributed by atoms with Gasteiger partial charge in [0.15, 0.2) is 0 Å². The van der Waals surface area contributed by atoms with E-state index in [1.807, 2.05) is 48.0 Å². The summed E-state index contributed by atoms with van der Waals surface area (Å²) < 4.78 is 6.93. The number of nitrogens with zero attached hydrogens (tertiary/aromatic N) is 2. The summed E-state index contributed by atoms with van der Waals surface area (Å²) in [7, 11) is 0. The molecule has 3 rings (SSSR count). The average Bonchev–Trinajstić information content (AvgIpc) is 2.96. The average molecular weight is 329 g/mol. The van der Waals surface area contributed by atoms with Gasteiger partial charge in [-0.15, -0.1) is 0 Å². The highest BCUT2D eigenvalue weighted by Crippen LogP contribution is 2.32. The van der Waals surface area contributed by atoms with Crippen molar-refractivity contribution in [2.75, 3.05) is 6.61 Å². The van der Waals surface area contributed by atoms with E-state index in [2.05, 4.69) is 5.10 Å². The van der Waals surface area contributed by atoms with E-state index < -0.39 is 5.97 Å². The summed E-state index contributed by atoms with van der Waals surface area (Å²) in [4.78, 5) is 12.1. The Bertz CT molecular complexity index is 856. The van der Waals surface area contributed by atoms with Crippen LogP contribution in [0.25, 0.3) is 16.6 Å². The molecule has 0 aliphatic heterocycles. The number of benzene rings is 2. The Morgan fingerprint density at radius 1 is 1.17 bits per heavy atom. The molecule has 0 spiro atoms. The lowest BCUT2D eigenvalue weighted by Gasteiger charge is -2.07. The van der Waals surface area contributed by atoms with E-state index in [4.69, 9.17) is 16.3 Å². The summed E-state index contributed by atoms with van der Waals surface area (Å²) >= 11 is 6.50. The van der Waals surface area contributed by atoms with Gasteiger partial charge in [0.05, 0.1) is 34.1 Å². The number of fused-ring (bicyclic) bond motifs is 1. The number of para-hydroxylation sites is 1. The highest BCUT2D eigenvalue weighted by Gasteiger charge is 2.20. The molecule has 0 saturated heterocycles. The third-order valence-electron chi connectivity index (χ3n) is 3.69. The predicted octanol–water partition coefficient (Wildman–Crippen LogP) is 4.42. The number of hydrogen-bond donors (Lipinski definition) is 0. The van der Waals surface area contributed by atoms with Crippen molar-refractivity contribution in [2.45, 2.75) is 20.3 Å². The Kier molecular flexibility index (Phi) is 4.35. The monoisotopic (exact) mass is 328 g/mol. The molecule has 0 fully saturated rings. The van der Waals surface area contributed by atoms with Gasteiger partial charge in [0, 0.05) is 5.39 Å². The molecule has 23 heavy (non-hydrogen) atoms. The van der Waals surface area contributed by atoms with Crippen LogP contribution in [-0.4, -0.2) is 22.4 Å². The normalized spacial score (nSPS) is 10.9. The summed E-state index contributed by atoms with van der Waals surface area (Å²) in [5.41, 5.74) is 3.08. The van der Waals surface area contributed by atoms with Crippen molar-refractivity contribution >= 4 is 28.5 Å². The minimum Gasteiger partial charge on any atom is -0.462 e. The Balaban J connectivity index is 2.24. The van der Waals surface area contributed by atoms with Gasteiger partial charge in [-0.1, -0.05) is 36.7 Å². The molecule has 0 saturated carbocycles. The Labute approximate surface area is 139 Å². The van der Waals surface area contributed by atoms with Crippen LogP contribution in [0.1, 0.15) is 29.9 Å². The van der Waals surface area contributed by atoms with Crippen LogP contribution in [0.4, 0.5) is 0 Å². The van der Waals surface area contributed by atoms with Crippen molar-refractivity contribution in [2.24, 2.45) is 0 Å². The highest BCUT2D eigenvalue weighted by molar-refractivity contribution is 6.38. The van der Waals surface area contributed by atoms with Crippen molar-refractivity contribution in [1.29, 1.82) is 0 Å². The predicted molar refractivity (Wildman–Crippen MR) is 91.4 cm³/mol.